The average Bonchev–Trinajstić information content (AvgIpc) is 3.55. The van der Waals surface area contributed by atoms with E-state index in [-0.39, 0.29) is 6.04 Å². The average molecular weight is 489 g/mol. The van der Waals surface area contributed by atoms with Crippen molar-refractivity contribution in [3.63, 3.8) is 0 Å². The molecule has 172 valence electrons. The van der Waals surface area contributed by atoms with E-state index < -0.39 is 0 Å². The molecule has 8 heteroatoms. The Morgan fingerprint density at radius 2 is 1.85 bits per heavy atom. The Morgan fingerprint density at radius 3 is 2.53 bits per heavy atom. The lowest BCUT2D eigenvalue weighted by molar-refractivity contribution is 0.396. The lowest BCUT2D eigenvalue weighted by Gasteiger charge is -2.37. The lowest BCUT2D eigenvalue weighted by Crippen LogP contribution is -2.45. The molecular weight excluding hydrogens is 464 g/mol. The molecule has 1 aliphatic rings. The fourth-order valence-electron chi connectivity index (χ4n) is 4.01. The van der Waals surface area contributed by atoms with E-state index in [9.17, 15) is 0 Å². The molecule has 2 aromatic heterocycles. The number of thiophene rings is 1. The maximum absolute atomic E-state index is 5.82. The van der Waals surface area contributed by atoms with Crippen LogP contribution in [-0.2, 0) is 6.54 Å². The standard InChI is InChI=1S/C26H24N4O2S2/c1-16-6-10-19(11-7-16)23-22(25-28-24(29-32-25)21-5-4-14-34-21)17(2)30(26(33)27-23)15-18-8-12-20(31-3)13-9-18/h4-14,23H,15H2,1-3H3,(H,27,33). The van der Waals surface area contributed by atoms with Crippen LogP contribution in [0.1, 0.15) is 35.5 Å². The van der Waals surface area contributed by atoms with Gasteiger partial charge in [-0.15, -0.1) is 11.3 Å². The van der Waals surface area contributed by atoms with Gasteiger partial charge in [-0.05, 0) is 60.8 Å². The van der Waals surface area contributed by atoms with Crippen molar-refractivity contribution in [1.82, 2.24) is 20.4 Å². The van der Waals surface area contributed by atoms with E-state index in [2.05, 4.69) is 53.5 Å². The number of rotatable bonds is 6. The van der Waals surface area contributed by atoms with Gasteiger partial charge in [-0.2, -0.15) is 4.98 Å². The minimum absolute atomic E-state index is 0.197. The van der Waals surface area contributed by atoms with Crippen LogP contribution in [0.2, 0.25) is 0 Å². The highest BCUT2D eigenvalue weighted by Crippen LogP contribution is 2.38. The van der Waals surface area contributed by atoms with Crippen LogP contribution < -0.4 is 10.1 Å². The van der Waals surface area contributed by atoms with Gasteiger partial charge in [0.05, 0.1) is 23.6 Å². The van der Waals surface area contributed by atoms with E-state index in [4.69, 9.17) is 26.5 Å². The molecule has 1 aliphatic heterocycles. The number of aromatic nitrogens is 2. The van der Waals surface area contributed by atoms with Crippen LogP contribution in [0, 0.1) is 6.92 Å². The molecule has 0 spiro atoms. The summed E-state index contributed by atoms with van der Waals surface area (Å²) in [5, 5.41) is 10.4. The second-order valence-corrected chi connectivity index (χ2v) is 9.46. The van der Waals surface area contributed by atoms with Crippen molar-refractivity contribution in [3.05, 3.63) is 94.3 Å². The molecule has 3 heterocycles. The number of benzene rings is 2. The molecule has 5 rings (SSSR count). The lowest BCUT2D eigenvalue weighted by atomic mass is 9.94. The highest BCUT2D eigenvalue weighted by molar-refractivity contribution is 7.80. The Kier molecular flexibility index (Phi) is 6.17. The maximum atomic E-state index is 5.82. The Hall–Kier alpha value is -3.49. The third-order valence-corrected chi connectivity index (χ3v) is 7.11. The van der Waals surface area contributed by atoms with Crippen molar-refractivity contribution in [1.29, 1.82) is 0 Å². The number of allylic oxidation sites excluding steroid dienone is 1. The van der Waals surface area contributed by atoms with Crippen LogP contribution in [0.4, 0.5) is 0 Å². The second-order valence-electron chi connectivity index (χ2n) is 8.13. The summed E-state index contributed by atoms with van der Waals surface area (Å²) >= 11 is 7.40. The zero-order valence-electron chi connectivity index (χ0n) is 19.1. The Bertz CT molecular complexity index is 1330. The maximum Gasteiger partial charge on any atom is 0.258 e. The van der Waals surface area contributed by atoms with Crippen molar-refractivity contribution < 1.29 is 9.26 Å². The molecule has 0 fully saturated rings. The number of methoxy groups -OCH3 is 1. The summed E-state index contributed by atoms with van der Waals surface area (Å²) in [7, 11) is 1.66. The van der Waals surface area contributed by atoms with E-state index >= 15 is 0 Å². The number of aryl methyl sites for hydroxylation is 1. The van der Waals surface area contributed by atoms with Crippen molar-refractivity contribution in [2.24, 2.45) is 0 Å². The second kappa shape index (κ2) is 9.40. The van der Waals surface area contributed by atoms with Gasteiger partial charge in [-0.3, -0.25) is 0 Å². The van der Waals surface area contributed by atoms with Gasteiger partial charge in [0.1, 0.15) is 5.75 Å². The molecule has 4 aromatic rings. The minimum atomic E-state index is -0.197. The molecule has 34 heavy (non-hydrogen) atoms. The first-order chi connectivity index (χ1) is 16.5. The number of ether oxygens (including phenoxy) is 1. The largest absolute Gasteiger partial charge is 0.497 e. The molecule has 1 atom stereocenters. The number of nitrogens with one attached hydrogen (secondary N) is 1. The summed E-state index contributed by atoms with van der Waals surface area (Å²) in [6, 6.07) is 20.2. The molecule has 0 amide bonds. The highest BCUT2D eigenvalue weighted by Gasteiger charge is 2.34. The predicted molar refractivity (Wildman–Crippen MR) is 138 cm³/mol. The molecule has 1 N–H and O–H groups in total. The summed E-state index contributed by atoms with van der Waals surface area (Å²) in [5.41, 5.74) is 5.29. The van der Waals surface area contributed by atoms with Gasteiger partial charge >= 0.3 is 0 Å². The van der Waals surface area contributed by atoms with Crippen molar-refractivity contribution in [3.8, 4) is 16.5 Å². The Labute approximate surface area is 207 Å². The summed E-state index contributed by atoms with van der Waals surface area (Å²) in [4.78, 5) is 7.80. The summed E-state index contributed by atoms with van der Waals surface area (Å²) in [5.74, 6) is 1.89. The normalized spacial score (nSPS) is 16.0. The number of thiocarbonyl (C=S) groups is 1. The molecule has 0 bridgehead atoms. The molecule has 0 aliphatic carbocycles. The van der Waals surface area contributed by atoms with Gasteiger partial charge in [0, 0.05) is 12.2 Å². The zero-order chi connectivity index (χ0) is 23.7. The van der Waals surface area contributed by atoms with Crippen LogP contribution in [0.5, 0.6) is 5.75 Å². The molecule has 0 radical (unpaired) electrons. The quantitative estimate of drug-likeness (QED) is 0.335. The first kappa shape index (κ1) is 22.3. The van der Waals surface area contributed by atoms with E-state index in [0.29, 0.717) is 23.4 Å². The minimum Gasteiger partial charge on any atom is -0.497 e. The summed E-state index contributed by atoms with van der Waals surface area (Å²) in [6.07, 6.45) is 0. The van der Waals surface area contributed by atoms with Crippen molar-refractivity contribution >= 4 is 34.2 Å². The van der Waals surface area contributed by atoms with Gasteiger partial charge in [0.25, 0.3) is 5.89 Å². The van der Waals surface area contributed by atoms with Crippen LogP contribution >= 0.6 is 23.6 Å². The molecule has 6 nitrogen and oxygen atoms in total. The van der Waals surface area contributed by atoms with E-state index in [0.717, 1.165) is 33.0 Å². The van der Waals surface area contributed by atoms with E-state index in [1.807, 2.05) is 41.8 Å². The molecular formula is C26H24N4O2S2. The fourth-order valence-corrected chi connectivity index (χ4v) is 4.98. The summed E-state index contributed by atoms with van der Waals surface area (Å²) < 4.78 is 11.1. The Balaban J connectivity index is 1.57. The zero-order valence-corrected chi connectivity index (χ0v) is 20.7. The summed E-state index contributed by atoms with van der Waals surface area (Å²) in [6.45, 7) is 4.74. The van der Waals surface area contributed by atoms with Crippen LogP contribution in [0.15, 0.2) is 76.3 Å². The van der Waals surface area contributed by atoms with Crippen LogP contribution in [-0.4, -0.2) is 27.3 Å². The van der Waals surface area contributed by atoms with Gasteiger partial charge in [-0.1, -0.05) is 53.2 Å². The monoisotopic (exact) mass is 488 g/mol. The molecule has 2 aromatic carbocycles. The smallest absolute Gasteiger partial charge is 0.258 e. The molecule has 0 saturated heterocycles. The van der Waals surface area contributed by atoms with Crippen molar-refractivity contribution in [2.45, 2.75) is 26.4 Å². The van der Waals surface area contributed by atoms with E-state index in [1.165, 1.54) is 5.56 Å². The van der Waals surface area contributed by atoms with Crippen molar-refractivity contribution in [2.75, 3.05) is 7.11 Å². The van der Waals surface area contributed by atoms with Gasteiger partial charge in [0.15, 0.2) is 5.11 Å². The van der Waals surface area contributed by atoms with Gasteiger partial charge < -0.3 is 19.5 Å². The van der Waals surface area contributed by atoms with Crippen LogP contribution in [0.3, 0.4) is 0 Å². The predicted octanol–water partition coefficient (Wildman–Crippen LogP) is 5.98. The highest BCUT2D eigenvalue weighted by atomic mass is 32.1. The topological polar surface area (TPSA) is 63.4 Å². The molecule has 1 unspecified atom stereocenters. The van der Waals surface area contributed by atoms with E-state index in [1.54, 1.807) is 18.4 Å². The fraction of sp³-hybridized carbons (Fsp3) is 0.192. The molecule has 0 saturated carbocycles. The Morgan fingerprint density at radius 1 is 1.09 bits per heavy atom. The number of hydrogen-bond acceptors (Lipinski definition) is 6. The van der Waals surface area contributed by atoms with Gasteiger partial charge in [-0.25, -0.2) is 0 Å². The first-order valence-corrected chi connectivity index (χ1v) is 12.2. The first-order valence-electron chi connectivity index (χ1n) is 10.9. The third-order valence-electron chi connectivity index (χ3n) is 5.90. The number of hydrogen-bond donors (Lipinski definition) is 1. The third kappa shape index (κ3) is 4.34. The van der Waals surface area contributed by atoms with Crippen LogP contribution in [0.25, 0.3) is 16.3 Å². The van der Waals surface area contributed by atoms with Gasteiger partial charge in [0.2, 0.25) is 5.82 Å². The number of nitrogens with zero attached hydrogens (tertiary/aromatic N) is 3. The SMILES string of the molecule is COc1ccc(CN2C(=S)NC(c3ccc(C)cc3)C(c3nc(-c4cccs4)no3)=C2C)cc1.